The number of phenols is 1. The number of aromatic hydroxyl groups is 1. The van der Waals surface area contributed by atoms with Crippen LogP contribution in [0.15, 0.2) is 42.5 Å². The minimum Gasteiger partial charge on any atom is -0.508 e. The monoisotopic (exact) mass is 475 g/mol. The van der Waals surface area contributed by atoms with Gasteiger partial charge in [-0.2, -0.15) is 0 Å². The van der Waals surface area contributed by atoms with Gasteiger partial charge in [0.1, 0.15) is 5.75 Å². The number of phenolic OH excluding ortho intramolecular Hbond substituents is 1. The number of anilines is 1. The topological polar surface area (TPSA) is 57.9 Å². The van der Waals surface area contributed by atoms with Crippen LogP contribution >= 0.6 is 0 Å². The lowest BCUT2D eigenvalue weighted by molar-refractivity contribution is 0.0527. The molecule has 1 saturated heterocycles. The first kappa shape index (κ1) is 23.7. The van der Waals surface area contributed by atoms with Gasteiger partial charge in [0.05, 0.1) is 12.2 Å². The molecule has 0 atom stereocenters. The van der Waals surface area contributed by atoms with Crippen LogP contribution in [0.1, 0.15) is 66.7 Å². The minimum atomic E-state index is -0.287. The molecule has 35 heavy (non-hydrogen) atoms. The summed E-state index contributed by atoms with van der Waals surface area (Å²) in [6, 6.07) is 14.7. The summed E-state index contributed by atoms with van der Waals surface area (Å²) in [5, 5.41) is 11.9. The van der Waals surface area contributed by atoms with Gasteiger partial charge >= 0.3 is 5.97 Å². The molecule has 0 bridgehead atoms. The molecule has 1 aromatic heterocycles. The van der Waals surface area contributed by atoms with Gasteiger partial charge in [-0.15, -0.1) is 0 Å². The molecule has 2 heterocycles. The van der Waals surface area contributed by atoms with Gasteiger partial charge in [0.2, 0.25) is 0 Å². The first-order chi connectivity index (χ1) is 17.1. The summed E-state index contributed by atoms with van der Waals surface area (Å²) in [5.41, 5.74) is 4.73. The minimum absolute atomic E-state index is 0.259. The van der Waals surface area contributed by atoms with Crippen LogP contribution in [0.3, 0.4) is 0 Å². The molecule has 1 saturated carbocycles. The quantitative estimate of drug-likeness (QED) is 0.466. The van der Waals surface area contributed by atoms with E-state index >= 15 is 0 Å². The van der Waals surface area contributed by atoms with E-state index < -0.39 is 0 Å². The van der Waals surface area contributed by atoms with Crippen molar-refractivity contribution in [3.05, 3.63) is 59.3 Å². The predicted molar refractivity (Wildman–Crippen MR) is 140 cm³/mol. The second-order valence-electron chi connectivity index (χ2n) is 9.90. The van der Waals surface area contributed by atoms with Gasteiger partial charge in [-0.3, -0.25) is 4.90 Å². The molecule has 1 aliphatic heterocycles. The third-order valence-electron chi connectivity index (χ3n) is 7.79. The Morgan fingerprint density at radius 2 is 1.71 bits per heavy atom. The van der Waals surface area contributed by atoms with Crippen molar-refractivity contribution in [2.45, 2.75) is 58.5 Å². The fourth-order valence-electron chi connectivity index (χ4n) is 6.04. The highest BCUT2D eigenvalue weighted by Gasteiger charge is 2.29. The molecule has 2 aliphatic rings. The van der Waals surface area contributed by atoms with Crippen LogP contribution in [-0.2, 0) is 11.3 Å². The van der Waals surface area contributed by atoms with Crippen molar-refractivity contribution in [2.75, 3.05) is 37.7 Å². The molecule has 1 N–H and O–H groups in total. The van der Waals surface area contributed by atoms with Crippen LogP contribution in [0.5, 0.6) is 5.75 Å². The largest absolute Gasteiger partial charge is 0.508 e. The van der Waals surface area contributed by atoms with Crippen molar-refractivity contribution in [3.8, 4) is 5.75 Å². The van der Waals surface area contributed by atoms with Crippen LogP contribution in [0.4, 0.5) is 5.69 Å². The number of piperazine rings is 1. The standard InChI is InChI=1S/C29H37N3O3/c1-3-35-29(34)27-21(2)32(23-12-8-5-9-13-23)25-14-15-26(33)24(28(25)27)20-30-16-18-31(19-17-30)22-10-6-4-7-11-22/h4,6-7,10-11,14-15,23,33H,3,5,8-9,12-13,16-20H2,1-2H3. The second-order valence-corrected chi connectivity index (χ2v) is 9.90. The predicted octanol–water partition coefficient (Wildman–Crippen LogP) is 5.66. The number of rotatable bonds is 6. The van der Waals surface area contributed by atoms with Crippen LogP contribution in [-0.4, -0.2) is 53.3 Å². The van der Waals surface area contributed by atoms with E-state index in [1.165, 1.54) is 24.9 Å². The van der Waals surface area contributed by atoms with Gasteiger partial charge in [-0.1, -0.05) is 37.5 Å². The number of hydrogen-bond donors (Lipinski definition) is 1. The molecule has 2 fully saturated rings. The molecule has 6 nitrogen and oxygen atoms in total. The van der Waals surface area contributed by atoms with E-state index in [0.717, 1.165) is 61.2 Å². The number of ether oxygens (including phenoxy) is 1. The first-order valence-electron chi connectivity index (χ1n) is 13.1. The van der Waals surface area contributed by atoms with Gasteiger partial charge in [0.25, 0.3) is 0 Å². The Bertz CT molecular complexity index is 1170. The number of para-hydroxylation sites is 1. The maximum Gasteiger partial charge on any atom is 0.340 e. The van der Waals surface area contributed by atoms with Crippen LogP contribution in [0.2, 0.25) is 0 Å². The van der Waals surface area contributed by atoms with E-state index in [-0.39, 0.29) is 11.7 Å². The first-order valence-corrected chi connectivity index (χ1v) is 13.1. The van der Waals surface area contributed by atoms with Crippen LogP contribution < -0.4 is 4.90 Å². The Hall–Kier alpha value is -2.99. The second kappa shape index (κ2) is 10.3. The summed E-state index contributed by atoms with van der Waals surface area (Å²) in [5.74, 6) is -0.0281. The highest BCUT2D eigenvalue weighted by Crippen LogP contribution is 2.40. The molecule has 6 heteroatoms. The zero-order chi connectivity index (χ0) is 24.4. The molecular weight excluding hydrogens is 438 g/mol. The van der Waals surface area contributed by atoms with E-state index in [1.54, 1.807) is 0 Å². The SMILES string of the molecule is CCOC(=O)c1c(C)n(C2CCCCC2)c2ccc(O)c(CN3CCN(c4ccccc4)CC3)c12. The number of hydrogen-bond acceptors (Lipinski definition) is 5. The number of carbonyl (C=O) groups excluding carboxylic acids is 1. The zero-order valence-electron chi connectivity index (χ0n) is 21.0. The number of aromatic nitrogens is 1. The highest BCUT2D eigenvalue weighted by molar-refractivity contribution is 6.08. The van der Waals surface area contributed by atoms with E-state index in [4.69, 9.17) is 4.74 Å². The number of carbonyl (C=O) groups is 1. The van der Waals surface area contributed by atoms with Crippen molar-refractivity contribution in [1.29, 1.82) is 0 Å². The van der Waals surface area contributed by atoms with Gasteiger partial charge in [-0.25, -0.2) is 4.79 Å². The lowest BCUT2D eigenvalue weighted by Crippen LogP contribution is -2.46. The summed E-state index contributed by atoms with van der Waals surface area (Å²) >= 11 is 0. The molecule has 2 aromatic carbocycles. The Kier molecular flexibility index (Phi) is 7.00. The number of nitrogens with zero attached hydrogens (tertiary/aromatic N) is 3. The highest BCUT2D eigenvalue weighted by atomic mass is 16.5. The summed E-state index contributed by atoms with van der Waals surface area (Å²) in [6.07, 6.45) is 5.97. The van der Waals surface area contributed by atoms with Gasteiger partial charge in [-0.05, 0) is 51.0 Å². The Labute approximate surface area is 208 Å². The molecule has 0 radical (unpaired) electrons. The van der Waals surface area contributed by atoms with Crippen molar-refractivity contribution in [1.82, 2.24) is 9.47 Å². The average molecular weight is 476 g/mol. The van der Waals surface area contributed by atoms with E-state index in [0.29, 0.717) is 24.8 Å². The molecule has 0 unspecified atom stereocenters. The molecule has 3 aromatic rings. The zero-order valence-corrected chi connectivity index (χ0v) is 21.0. The molecule has 186 valence electrons. The van der Waals surface area contributed by atoms with Crippen molar-refractivity contribution in [3.63, 3.8) is 0 Å². The summed E-state index contributed by atoms with van der Waals surface area (Å²) in [6.45, 7) is 8.53. The normalized spacial score (nSPS) is 17.7. The van der Waals surface area contributed by atoms with Crippen molar-refractivity contribution in [2.24, 2.45) is 0 Å². The summed E-state index contributed by atoms with van der Waals surface area (Å²) < 4.78 is 7.87. The smallest absolute Gasteiger partial charge is 0.340 e. The maximum atomic E-state index is 13.2. The Balaban J connectivity index is 1.49. The van der Waals surface area contributed by atoms with E-state index in [1.807, 2.05) is 32.0 Å². The maximum absolute atomic E-state index is 13.2. The molecular formula is C29H37N3O3. The fourth-order valence-corrected chi connectivity index (χ4v) is 6.04. The Morgan fingerprint density at radius 1 is 1.00 bits per heavy atom. The number of esters is 1. The molecule has 5 rings (SSSR count). The average Bonchev–Trinajstić information content (AvgIpc) is 3.19. The van der Waals surface area contributed by atoms with Crippen LogP contribution in [0.25, 0.3) is 10.9 Å². The van der Waals surface area contributed by atoms with Crippen molar-refractivity contribution >= 4 is 22.6 Å². The Morgan fingerprint density at radius 3 is 2.40 bits per heavy atom. The van der Waals surface area contributed by atoms with E-state index in [9.17, 15) is 9.90 Å². The molecule has 1 aliphatic carbocycles. The third kappa shape index (κ3) is 4.64. The van der Waals surface area contributed by atoms with Gasteiger partial charge in [0.15, 0.2) is 0 Å². The summed E-state index contributed by atoms with van der Waals surface area (Å²) in [7, 11) is 0. The molecule has 0 amide bonds. The third-order valence-corrected chi connectivity index (χ3v) is 7.79. The lowest BCUT2D eigenvalue weighted by atomic mass is 9.95. The van der Waals surface area contributed by atoms with E-state index in [2.05, 4.69) is 38.6 Å². The van der Waals surface area contributed by atoms with Gasteiger partial charge in [0, 0.05) is 66.6 Å². The van der Waals surface area contributed by atoms with Gasteiger partial charge < -0.3 is 19.3 Å². The van der Waals surface area contributed by atoms with Crippen LogP contribution in [0, 0.1) is 6.92 Å². The summed E-state index contributed by atoms with van der Waals surface area (Å²) in [4.78, 5) is 18.0. The van der Waals surface area contributed by atoms with Crippen molar-refractivity contribution < 1.29 is 14.6 Å². The molecule has 0 spiro atoms. The lowest BCUT2D eigenvalue weighted by Gasteiger charge is -2.36. The fraction of sp³-hybridized carbons (Fsp3) is 0.483. The number of benzene rings is 2. The number of fused-ring (bicyclic) bond motifs is 1.